The molecule has 0 radical (unpaired) electrons. The normalized spacial score (nSPS) is 22.2. The van der Waals surface area contributed by atoms with Gasteiger partial charge in [0.25, 0.3) is 0 Å². The van der Waals surface area contributed by atoms with Crippen LogP contribution in [0.5, 0.6) is 5.75 Å². The van der Waals surface area contributed by atoms with Gasteiger partial charge in [-0.15, -0.1) is 0 Å². The number of nitrogens with zero attached hydrogens (tertiary/aromatic N) is 1. The van der Waals surface area contributed by atoms with Gasteiger partial charge in [0, 0.05) is 30.2 Å². The second-order valence-electron chi connectivity index (χ2n) is 7.87. The number of hydrogen-bond acceptors (Lipinski definition) is 4. The highest BCUT2D eigenvalue weighted by atomic mass is 35.5. The molecule has 1 aliphatic heterocycles. The lowest BCUT2D eigenvalue weighted by Crippen LogP contribution is -2.46. The van der Waals surface area contributed by atoms with E-state index in [2.05, 4.69) is 39.5 Å². The van der Waals surface area contributed by atoms with Gasteiger partial charge in [-0.1, -0.05) is 32.4 Å². The molecule has 1 aromatic rings. The second kappa shape index (κ2) is 9.22. The van der Waals surface area contributed by atoms with Crippen LogP contribution in [-0.2, 0) is 14.9 Å². The molecule has 25 heavy (non-hydrogen) atoms. The summed E-state index contributed by atoms with van der Waals surface area (Å²) in [5.74, 6) is 0.885. The third-order valence-corrected chi connectivity index (χ3v) is 4.52. The number of benzene rings is 1. The van der Waals surface area contributed by atoms with Crippen LogP contribution in [0.3, 0.4) is 0 Å². The Morgan fingerprint density at radius 3 is 2.44 bits per heavy atom. The first-order valence-corrected chi connectivity index (χ1v) is 9.52. The van der Waals surface area contributed by atoms with Crippen LogP contribution in [0.2, 0.25) is 5.02 Å². The van der Waals surface area contributed by atoms with Gasteiger partial charge in [-0.2, -0.15) is 0 Å². The molecule has 0 unspecified atom stereocenters. The average Bonchev–Trinajstić information content (AvgIpc) is 2.50. The van der Waals surface area contributed by atoms with Crippen LogP contribution in [-0.4, -0.2) is 56.6 Å². The maximum absolute atomic E-state index is 6.13. The lowest BCUT2D eigenvalue weighted by Gasteiger charge is -2.35. The quantitative estimate of drug-likeness (QED) is 0.676. The van der Waals surface area contributed by atoms with Gasteiger partial charge in [-0.3, -0.25) is 4.90 Å². The van der Waals surface area contributed by atoms with Gasteiger partial charge in [-0.25, -0.2) is 0 Å². The van der Waals surface area contributed by atoms with E-state index in [1.165, 1.54) is 0 Å². The number of halogens is 1. The Hall–Kier alpha value is -0.810. The van der Waals surface area contributed by atoms with Crippen molar-refractivity contribution < 1.29 is 14.2 Å². The summed E-state index contributed by atoms with van der Waals surface area (Å²) in [7, 11) is 0. The minimum absolute atomic E-state index is 0.00912. The van der Waals surface area contributed by atoms with Crippen LogP contribution in [0.4, 0.5) is 0 Å². The van der Waals surface area contributed by atoms with E-state index < -0.39 is 0 Å². The fourth-order valence-corrected chi connectivity index (χ4v) is 3.36. The fraction of sp³-hybridized carbons (Fsp3) is 0.700. The van der Waals surface area contributed by atoms with Crippen molar-refractivity contribution in [1.82, 2.24) is 4.90 Å². The van der Waals surface area contributed by atoms with Gasteiger partial charge in [-0.05, 0) is 37.5 Å². The number of hydrogen-bond donors (Lipinski definition) is 0. The molecule has 142 valence electrons. The van der Waals surface area contributed by atoms with E-state index in [0.717, 1.165) is 42.6 Å². The highest BCUT2D eigenvalue weighted by Gasteiger charge is 2.22. The van der Waals surface area contributed by atoms with E-state index in [1.54, 1.807) is 0 Å². The molecule has 0 amide bonds. The van der Waals surface area contributed by atoms with Crippen molar-refractivity contribution >= 4 is 11.6 Å². The van der Waals surface area contributed by atoms with Crippen molar-refractivity contribution in [3.05, 3.63) is 28.8 Å². The highest BCUT2D eigenvalue weighted by Crippen LogP contribution is 2.33. The van der Waals surface area contributed by atoms with Gasteiger partial charge in [0.2, 0.25) is 0 Å². The molecule has 1 saturated heterocycles. The molecule has 0 spiro atoms. The van der Waals surface area contributed by atoms with Crippen LogP contribution < -0.4 is 4.74 Å². The summed E-state index contributed by atoms with van der Waals surface area (Å²) in [4.78, 5) is 2.40. The summed E-state index contributed by atoms with van der Waals surface area (Å²) in [5.41, 5.74) is 1.11. The van der Waals surface area contributed by atoms with Crippen molar-refractivity contribution in [3.8, 4) is 5.75 Å². The second-order valence-corrected chi connectivity index (χ2v) is 8.30. The zero-order valence-corrected chi connectivity index (χ0v) is 16.9. The predicted molar refractivity (Wildman–Crippen MR) is 103 cm³/mol. The smallest absolute Gasteiger partial charge is 0.123 e. The van der Waals surface area contributed by atoms with Crippen molar-refractivity contribution in [1.29, 1.82) is 0 Å². The SMILES string of the molecule is C[C@@H]1CN(CCOCCOc2ccc(Cl)cc2C(C)(C)C)C[C@@H](C)O1. The molecule has 0 aromatic heterocycles. The third-order valence-electron chi connectivity index (χ3n) is 4.28. The van der Waals surface area contributed by atoms with Crippen molar-refractivity contribution in [2.75, 3.05) is 39.5 Å². The first-order valence-electron chi connectivity index (χ1n) is 9.14. The molecule has 0 bridgehead atoms. The Balaban J connectivity index is 1.70. The van der Waals surface area contributed by atoms with Crippen LogP contribution in [0, 0.1) is 0 Å². The summed E-state index contributed by atoms with van der Waals surface area (Å²) >= 11 is 6.13. The van der Waals surface area contributed by atoms with Gasteiger partial charge < -0.3 is 14.2 Å². The Kier molecular flexibility index (Phi) is 7.56. The summed E-state index contributed by atoms with van der Waals surface area (Å²) in [6, 6.07) is 5.80. The maximum Gasteiger partial charge on any atom is 0.123 e. The van der Waals surface area contributed by atoms with E-state index >= 15 is 0 Å². The van der Waals surface area contributed by atoms with E-state index in [-0.39, 0.29) is 5.41 Å². The molecule has 1 aliphatic rings. The Bertz CT molecular complexity index is 534. The maximum atomic E-state index is 6.13. The molecule has 0 aliphatic carbocycles. The minimum Gasteiger partial charge on any atom is -0.491 e. The van der Waals surface area contributed by atoms with Crippen LogP contribution in [0.15, 0.2) is 18.2 Å². The fourth-order valence-electron chi connectivity index (χ4n) is 3.19. The van der Waals surface area contributed by atoms with Gasteiger partial charge in [0.05, 0.1) is 25.4 Å². The molecule has 1 fully saturated rings. The number of rotatable bonds is 7. The first-order chi connectivity index (χ1) is 11.8. The standard InChI is InChI=1S/C20H32ClNO3/c1-15-13-22(14-16(2)25-15)8-9-23-10-11-24-19-7-6-17(21)12-18(19)20(3,4)5/h6-7,12,15-16H,8-11,13-14H2,1-5H3/t15-,16-/m1/s1. The van der Waals surface area contributed by atoms with E-state index in [4.69, 9.17) is 25.8 Å². The van der Waals surface area contributed by atoms with Gasteiger partial charge in [0.15, 0.2) is 0 Å². The van der Waals surface area contributed by atoms with E-state index in [0.29, 0.717) is 25.4 Å². The predicted octanol–water partition coefficient (Wildman–Crippen LogP) is 4.14. The van der Waals surface area contributed by atoms with Crippen LogP contribution >= 0.6 is 11.6 Å². The molecule has 2 atom stereocenters. The molecule has 1 aromatic carbocycles. The van der Waals surface area contributed by atoms with E-state index in [1.807, 2.05) is 18.2 Å². The molecular weight excluding hydrogens is 338 g/mol. The lowest BCUT2D eigenvalue weighted by molar-refractivity contribution is -0.0734. The Labute approximate surface area is 157 Å². The average molecular weight is 370 g/mol. The third kappa shape index (κ3) is 6.78. The van der Waals surface area contributed by atoms with Gasteiger partial charge in [0.1, 0.15) is 12.4 Å². The first kappa shape index (κ1) is 20.5. The zero-order valence-electron chi connectivity index (χ0n) is 16.2. The molecular formula is C20H32ClNO3. The van der Waals surface area contributed by atoms with Crippen LogP contribution in [0.25, 0.3) is 0 Å². The molecule has 0 saturated carbocycles. The van der Waals surface area contributed by atoms with Crippen LogP contribution in [0.1, 0.15) is 40.2 Å². The molecule has 1 heterocycles. The minimum atomic E-state index is -0.00912. The van der Waals surface area contributed by atoms with Gasteiger partial charge >= 0.3 is 0 Å². The number of ether oxygens (including phenoxy) is 3. The molecule has 2 rings (SSSR count). The highest BCUT2D eigenvalue weighted by molar-refractivity contribution is 6.30. The summed E-state index contributed by atoms with van der Waals surface area (Å²) in [5, 5.41) is 0.738. The lowest BCUT2D eigenvalue weighted by atomic mass is 9.86. The summed E-state index contributed by atoms with van der Waals surface area (Å²) in [6.45, 7) is 15.5. The number of morpholine rings is 1. The summed E-state index contributed by atoms with van der Waals surface area (Å²) in [6.07, 6.45) is 0.598. The molecule has 4 nitrogen and oxygen atoms in total. The summed E-state index contributed by atoms with van der Waals surface area (Å²) < 4.78 is 17.4. The van der Waals surface area contributed by atoms with Crippen molar-refractivity contribution in [2.24, 2.45) is 0 Å². The molecule has 0 N–H and O–H groups in total. The Morgan fingerprint density at radius 2 is 1.80 bits per heavy atom. The zero-order chi connectivity index (χ0) is 18.4. The van der Waals surface area contributed by atoms with Crippen molar-refractivity contribution in [3.63, 3.8) is 0 Å². The topological polar surface area (TPSA) is 30.9 Å². The largest absolute Gasteiger partial charge is 0.491 e. The monoisotopic (exact) mass is 369 g/mol. The molecule has 5 heteroatoms. The Morgan fingerprint density at radius 1 is 1.12 bits per heavy atom. The van der Waals surface area contributed by atoms with E-state index in [9.17, 15) is 0 Å². The van der Waals surface area contributed by atoms with Crippen molar-refractivity contribution in [2.45, 2.75) is 52.2 Å².